The zero-order valence-electron chi connectivity index (χ0n) is 26.4. The minimum Gasteiger partial charge on any atom is -0.406 e. The number of nitrogens with zero attached hydrogens (tertiary/aromatic N) is 5. The highest BCUT2D eigenvalue weighted by Crippen LogP contribution is 2.36. The highest BCUT2D eigenvalue weighted by molar-refractivity contribution is 8.14. The number of nitrogens with one attached hydrogen (secondary N) is 1. The molecule has 2 atom stereocenters. The SMILES string of the molecule is CCC(NC(=O)/N=C1\SCCC(C)N1c1cc(C)ccc1C(C)C)c1ccc(-c2ncn(-c3ccc(OC(F)(F)F)cc3)n2)cc1. The van der Waals surface area contributed by atoms with Crippen molar-refractivity contribution in [1.82, 2.24) is 20.1 Å². The molecule has 1 N–H and O–H groups in total. The summed E-state index contributed by atoms with van der Waals surface area (Å²) in [6, 6.07) is 19.0. The van der Waals surface area contributed by atoms with Gasteiger partial charge in [-0.15, -0.1) is 18.3 Å². The van der Waals surface area contributed by atoms with Crippen molar-refractivity contribution in [3.8, 4) is 22.8 Å². The Bertz CT molecular complexity index is 1690. The number of rotatable bonds is 8. The minimum atomic E-state index is -4.75. The number of benzene rings is 3. The van der Waals surface area contributed by atoms with Crippen molar-refractivity contribution >= 4 is 28.6 Å². The van der Waals surface area contributed by atoms with Crippen LogP contribution in [0.1, 0.15) is 69.2 Å². The molecule has 1 aliphatic heterocycles. The number of carbonyl (C=O) groups is 1. The number of halogens is 3. The van der Waals surface area contributed by atoms with Gasteiger partial charge in [0.25, 0.3) is 0 Å². The first-order valence-corrected chi connectivity index (χ1v) is 16.2. The number of urea groups is 1. The first kappa shape index (κ1) is 33.1. The summed E-state index contributed by atoms with van der Waals surface area (Å²) >= 11 is 1.61. The van der Waals surface area contributed by atoms with E-state index < -0.39 is 6.36 Å². The van der Waals surface area contributed by atoms with Crippen molar-refractivity contribution in [1.29, 1.82) is 0 Å². The molecule has 12 heteroatoms. The Morgan fingerprint density at radius 1 is 1.11 bits per heavy atom. The van der Waals surface area contributed by atoms with Crippen LogP contribution in [0.2, 0.25) is 0 Å². The molecule has 0 saturated carbocycles. The van der Waals surface area contributed by atoms with Crippen LogP contribution in [0, 0.1) is 6.92 Å². The third kappa shape index (κ3) is 7.90. The molecule has 1 aliphatic rings. The predicted molar refractivity (Wildman–Crippen MR) is 177 cm³/mol. The van der Waals surface area contributed by atoms with Crippen LogP contribution < -0.4 is 15.0 Å². The van der Waals surface area contributed by atoms with Gasteiger partial charge in [-0.3, -0.25) is 0 Å². The van der Waals surface area contributed by atoms with Crippen LogP contribution in [0.15, 0.2) is 78.0 Å². The number of aliphatic imine (C=N–C) groups is 1. The van der Waals surface area contributed by atoms with Gasteiger partial charge in [-0.25, -0.2) is 14.5 Å². The molecule has 242 valence electrons. The quantitative estimate of drug-likeness (QED) is 0.205. The average molecular weight is 651 g/mol. The van der Waals surface area contributed by atoms with Gasteiger partial charge in [0.1, 0.15) is 12.1 Å². The minimum absolute atomic E-state index is 0.210. The van der Waals surface area contributed by atoms with Crippen molar-refractivity contribution < 1.29 is 22.7 Å². The van der Waals surface area contributed by atoms with Crippen molar-refractivity contribution in [3.05, 3.63) is 89.7 Å². The summed E-state index contributed by atoms with van der Waals surface area (Å²) in [6.45, 7) is 10.6. The number of hydrogen-bond acceptors (Lipinski definition) is 5. The molecule has 2 amide bonds. The first-order chi connectivity index (χ1) is 21.9. The highest BCUT2D eigenvalue weighted by Gasteiger charge is 2.31. The Labute approximate surface area is 271 Å². The fourth-order valence-corrected chi connectivity index (χ4v) is 6.57. The van der Waals surface area contributed by atoms with Gasteiger partial charge in [0.2, 0.25) is 0 Å². The lowest BCUT2D eigenvalue weighted by Crippen LogP contribution is -2.43. The molecule has 1 fully saturated rings. The summed E-state index contributed by atoms with van der Waals surface area (Å²) in [7, 11) is 0. The number of ether oxygens (including phenoxy) is 1. The van der Waals surface area contributed by atoms with Gasteiger partial charge >= 0.3 is 12.4 Å². The maximum Gasteiger partial charge on any atom is 0.573 e. The second kappa shape index (κ2) is 14.0. The lowest BCUT2D eigenvalue weighted by atomic mass is 9.98. The maximum atomic E-state index is 13.3. The largest absolute Gasteiger partial charge is 0.573 e. The zero-order valence-corrected chi connectivity index (χ0v) is 27.2. The first-order valence-electron chi connectivity index (χ1n) is 15.2. The number of anilines is 1. The summed E-state index contributed by atoms with van der Waals surface area (Å²) in [4.78, 5) is 24.5. The Morgan fingerprint density at radius 3 is 2.48 bits per heavy atom. The van der Waals surface area contributed by atoms with E-state index in [1.54, 1.807) is 11.8 Å². The van der Waals surface area contributed by atoms with Crippen molar-refractivity contribution in [3.63, 3.8) is 0 Å². The van der Waals surface area contributed by atoms with Crippen LogP contribution in [0.4, 0.5) is 23.7 Å². The number of amidine groups is 1. The Morgan fingerprint density at radius 2 is 1.83 bits per heavy atom. The number of carbonyl (C=O) groups excluding carboxylic acids is 1. The third-order valence-corrected chi connectivity index (χ3v) is 8.77. The standard InChI is InChI=1S/C34H37F3N6O2S/c1-6-29(39-32(44)40-33-43(23(5)17-18-46-33)30-19-22(4)7-16-28(30)21(2)3)24-8-10-25(11-9-24)31-38-20-42(41-31)26-12-14-27(15-13-26)45-34(35,36)37/h7-16,19-21,23,29H,6,17-18H2,1-5H3,(H,39,44)/b40-33-. The summed E-state index contributed by atoms with van der Waals surface area (Å²) < 4.78 is 42.8. The molecule has 0 aliphatic carbocycles. The molecule has 0 radical (unpaired) electrons. The summed E-state index contributed by atoms with van der Waals surface area (Å²) in [5.41, 5.74) is 5.70. The normalized spacial score (nSPS) is 16.9. The lowest BCUT2D eigenvalue weighted by molar-refractivity contribution is -0.274. The van der Waals surface area contributed by atoms with Crippen LogP contribution in [-0.2, 0) is 0 Å². The molecule has 5 rings (SSSR count). The summed E-state index contributed by atoms with van der Waals surface area (Å²) in [5, 5.41) is 8.27. The zero-order chi connectivity index (χ0) is 33.0. The second-order valence-corrected chi connectivity index (χ2v) is 12.6. The van der Waals surface area contributed by atoms with E-state index in [1.165, 1.54) is 40.8 Å². The number of thioether (sulfide) groups is 1. The molecule has 2 heterocycles. The summed E-state index contributed by atoms with van der Waals surface area (Å²) in [5.74, 6) is 1.36. The van der Waals surface area contributed by atoms with Crippen LogP contribution in [0.5, 0.6) is 5.75 Å². The monoisotopic (exact) mass is 650 g/mol. The molecule has 8 nitrogen and oxygen atoms in total. The van der Waals surface area contributed by atoms with E-state index in [1.807, 2.05) is 31.2 Å². The molecule has 0 bridgehead atoms. The van der Waals surface area contributed by atoms with Crippen LogP contribution in [0.3, 0.4) is 0 Å². The van der Waals surface area contributed by atoms with E-state index in [4.69, 9.17) is 0 Å². The van der Waals surface area contributed by atoms with E-state index in [0.717, 1.165) is 34.6 Å². The number of amides is 2. The third-order valence-electron chi connectivity index (χ3n) is 7.78. The van der Waals surface area contributed by atoms with Crippen molar-refractivity contribution in [2.75, 3.05) is 10.7 Å². The predicted octanol–water partition coefficient (Wildman–Crippen LogP) is 8.81. The molecule has 2 unspecified atom stereocenters. The molecular weight excluding hydrogens is 613 g/mol. The van der Waals surface area contributed by atoms with Gasteiger partial charge in [-0.2, -0.15) is 4.99 Å². The van der Waals surface area contributed by atoms with Gasteiger partial charge in [0, 0.05) is 23.0 Å². The number of alkyl halides is 3. The number of aryl methyl sites for hydroxylation is 1. The van der Waals surface area contributed by atoms with Crippen LogP contribution >= 0.6 is 11.8 Å². The maximum absolute atomic E-state index is 13.3. The topological polar surface area (TPSA) is 84.6 Å². The highest BCUT2D eigenvalue weighted by atomic mass is 32.2. The fourth-order valence-electron chi connectivity index (χ4n) is 5.36. The Hall–Kier alpha value is -4.32. The Balaban J connectivity index is 1.29. The van der Waals surface area contributed by atoms with Crippen molar-refractivity contribution in [2.45, 2.75) is 71.8 Å². The van der Waals surface area contributed by atoms with Gasteiger partial charge in [-0.1, -0.05) is 68.9 Å². The second-order valence-electron chi connectivity index (χ2n) is 11.6. The van der Waals surface area contributed by atoms with E-state index >= 15 is 0 Å². The van der Waals surface area contributed by atoms with E-state index in [-0.39, 0.29) is 23.9 Å². The summed E-state index contributed by atoms with van der Waals surface area (Å²) in [6.07, 6.45) is -1.60. The number of aromatic nitrogens is 3. The molecule has 0 spiro atoms. The van der Waals surface area contributed by atoms with Crippen LogP contribution in [-0.4, -0.2) is 44.1 Å². The fraction of sp³-hybridized carbons (Fsp3) is 0.353. The molecule has 3 aromatic carbocycles. The van der Waals surface area contributed by atoms with Gasteiger partial charge in [0.05, 0.1) is 11.7 Å². The van der Waals surface area contributed by atoms with Crippen LogP contribution in [0.25, 0.3) is 17.1 Å². The molecule has 4 aromatic rings. The average Bonchev–Trinajstić information content (AvgIpc) is 3.50. The molecule has 1 aromatic heterocycles. The molecular formula is C34H37F3N6O2S. The van der Waals surface area contributed by atoms with E-state index in [0.29, 0.717) is 29.0 Å². The smallest absolute Gasteiger partial charge is 0.406 e. The number of hydrogen-bond donors (Lipinski definition) is 1. The Kier molecular flexibility index (Phi) is 10.0. The van der Waals surface area contributed by atoms with Gasteiger partial charge in [-0.05, 0) is 79.6 Å². The van der Waals surface area contributed by atoms with E-state index in [2.05, 4.69) is 75.9 Å². The van der Waals surface area contributed by atoms with Crippen molar-refractivity contribution in [2.24, 2.45) is 4.99 Å². The molecule has 46 heavy (non-hydrogen) atoms. The van der Waals surface area contributed by atoms with E-state index in [9.17, 15) is 18.0 Å². The molecule has 1 saturated heterocycles. The van der Waals surface area contributed by atoms with Gasteiger partial charge < -0.3 is 15.0 Å². The lowest BCUT2D eigenvalue weighted by Gasteiger charge is -2.37. The van der Waals surface area contributed by atoms with Gasteiger partial charge in [0.15, 0.2) is 11.0 Å².